The van der Waals surface area contributed by atoms with Crippen molar-refractivity contribution >= 4 is 24.1 Å². The molecule has 2 amide bonds. The summed E-state index contributed by atoms with van der Waals surface area (Å²) in [4.78, 5) is 25.5. The summed E-state index contributed by atoms with van der Waals surface area (Å²) in [5.74, 6) is -0.443. The maximum atomic E-state index is 12.2. The van der Waals surface area contributed by atoms with Crippen molar-refractivity contribution in [3.8, 4) is 0 Å². The average Bonchev–Trinajstić information content (AvgIpc) is 2.67. The third kappa shape index (κ3) is 2.47. The van der Waals surface area contributed by atoms with Crippen LogP contribution in [0.25, 0.3) is 6.08 Å². The van der Waals surface area contributed by atoms with E-state index < -0.39 is 0 Å². The Morgan fingerprint density at radius 2 is 2.00 bits per heavy atom. The van der Waals surface area contributed by atoms with Gasteiger partial charge >= 0.3 is 0 Å². The summed E-state index contributed by atoms with van der Waals surface area (Å²) in [7, 11) is 3.65. The lowest BCUT2D eigenvalue weighted by Crippen LogP contribution is -2.29. The van der Waals surface area contributed by atoms with Crippen LogP contribution in [0.3, 0.4) is 0 Å². The Morgan fingerprint density at radius 1 is 1.25 bits per heavy atom. The molecule has 0 saturated carbocycles. The fraction of sp³-hybridized carbons (Fsp3) is 0.267. The van der Waals surface area contributed by atoms with Gasteiger partial charge in [-0.25, -0.2) is 0 Å². The van der Waals surface area contributed by atoms with Crippen molar-refractivity contribution in [2.75, 3.05) is 20.6 Å². The van der Waals surface area contributed by atoms with E-state index in [0.29, 0.717) is 17.7 Å². The Hall–Kier alpha value is -2.43. The van der Waals surface area contributed by atoms with Crippen LogP contribution >= 0.6 is 0 Å². The molecule has 0 aromatic heterocycles. The highest BCUT2D eigenvalue weighted by atomic mass is 16.2. The van der Waals surface area contributed by atoms with Gasteiger partial charge in [0.05, 0.1) is 11.1 Å². The highest BCUT2D eigenvalue weighted by Gasteiger charge is 2.35. The van der Waals surface area contributed by atoms with Gasteiger partial charge in [-0.3, -0.25) is 14.5 Å². The normalized spacial score (nSPS) is 14.7. The Morgan fingerprint density at radius 3 is 2.65 bits per heavy atom. The van der Waals surface area contributed by atoms with E-state index in [1.807, 2.05) is 20.2 Å². The average molecular weight is 271 g/mol. The molecule has 1 aliphatic rings. The minimum Gasteiger partial charge on any atom is -0.303 e. The Labute approximate surface area is 118 Å². The third-order valence-corrected chi connectivity index (χ3v) is 3.01. The molecule has 1 aliphatic heterocycles. The number of rotatable bonds is 4. The number of imide groups is 1. The van der Waals surface area contributed by atoms with Crippen molar-refractivity contribution in [2.45, 2.75) is 6.92 Å². The van der Waals surface area contributed by atoms with Crippen LogP contribution in [0.4, 0.5) is 0 Å². The number of carbonyl (C=O) groups is 2. The van der Waals surface area contributed by atoms with Gasteiger partial charge in [-0.2, -0.15) is 5.10 Å². The van der Waals surface area contributed by atoms with E-state index in [2.05, 4.69) is 5.10 Å². The Balaban J connectivity index is 2.36. The second-order valence-electron chi connectivity index (χ2n) is 4.60. The van der Waals surface area contributed by atoms with Gasteiger partial charge in [-0.1, -0.05) is 18.2 Å². The van der Waals surface area contributed by atoms with E-state index >= 15 is 0 Å². The molecule has 20 heavy (non-hydrogen) atoms. The highest BCUT2D eigenvalue weighted by Crippen LogP contribution is 2.26. The highest BCUT2D eigenvalue weighted by molar-refractivity contribution is 6.22. The van der Waals surface area contributed by atoms with E-state index in [0.717, 1.165) is 5.56 Å². The lowest BCUT2D eigenvalue weighted by atomic mass is 10.0. The van der Waals surface area contributed by atoms with Crippen LogP contribution in [0, 0.1) is 0 Å². The third-order valence-electron chi connectivity index (χ3n) is 3.01. The monoisotopic (exact) mass is 271 g/mol. The van der Waals surface area contributed by atoms with Crippen molar-refractivity contribution in [3.63, 3.8) is 0 Å². The minimum absolute atomic E-state index is 0.218. The second kappa shape index (κ2) is 5.69. The van der Waals surface area contributed by atoms with E-state index in [4.69, 9.17) is 0 Å². The molecule has 5 heteroatoms. The van der Waals surface area contributed by atoms with Crippen LogP contribution in [0.15, 0.2) is 29.4 Å². The molecule has 0 atom stereocenters. The number of hydrazone groups is 1. The molecule has 0 radical (unpaired) electrons. The van der Waals surface area contributed by atoms with E-state index in [1.165, 1.54) is 4.90 Å². The predicted molar refractivity (Wildman–Crippen MR) is 78.7 cm³/mol. The first-order valence-electron chi connectivity index (χ1n) is 6.43. The van der Waals surface area contributed by atoms with Gasteiger partial charge in [0.25, 0.3) is 11.8 Å². The van der Waals surface area contributed by atoms with Gasteiger partial charge in [-0.05, 0) is 24.6 Å². The fourth-order valence-corrected chi connectivity index (χ4v) is 2.10. The number of hydrogen-bond acceptors (Lipinski definition) is 4. The molecule has 0 unspecified atom stereocenters. The molecule has 0 aliphatic carbocycles. The summed E-state index contributed by atoms with van der Waals surface area (Å²) in [6.07, 6.45) is 5.18. The summed E-state index contributed by atoms with van der Waals surface area (Å²) < 4.78 is 0. The molecule has 1 aromatic rings. The van der Waals surface area contributed by atoms with Gasteiger partial charge < -0.3 is 5.01 Å². The summed E-state index contributed by atoms with van der Waals surface area (Å²) in [6, 6.07) is 5.30. The maximum Gasteiger partial charge on any atom is 0.262 e. The zero-order chi connectivity index (χ0) is 14.7. The van der Waals surface area contributed by atoms with Crippen molar-refractivity contribution < 1.29 is 9.59 Å². The molecule has 0 N–H and O–H groups in total. The number of hydrogen-bond donors (Lipinski definition) is 0. The first-order chi connectivity index (χ1) is 9.56. The van der Waals surface area contributed by atoms with Crippen LogP contribution in [-0.2, 0) is 0 Å². The topological polar surface area (TPSA) is 53.0 Å². The molecule has 5 nitrogen and oxygen atoms in total. The van der Waals surface area contributed by atoms with Crippen LogP contribution in [-0.4, -0.2) is 48.6 Å². The molecular weight excluding hydrogens is 254 g/mol. The van der Waals surface area contributed by atoms with Gasteiger partial charge in [-0.15, -0.1) is 0 Å². The van der Waals surface area contributed by atoms with Crippen LogP contribution in [0.5, 0.6) is 0 Å². The number of allylic oxidation sites excluding steroid dienone is 1. The van der Waals surface area contributed by atoms with Gasteiger partial charge in [0.15, 0.2) is 0 Å². The molecule has 0 saturated heterocycles. The van der Waals surface area contributed by atoms with Gasteiger partial charge in [0.1, 0.15) is 0 Å². The van der Waals surface area contributed by atoms with Crippen LogP contribution in [0.2, 0.25) is 0 Å². The van der Waals surface area contributed by atoms with Crippen LogP contribution < -0.4 is 0 Å². The Bertz CT molecular complexity index is 603. The smallest absolute Gasteiger partial charge is 0.262 e. The quantitative estimate of drug-likeness (QED) is 0.477. The molecule has 0 fully saturated rings. The van der Waals surface area contributed by atoms with E-state index in [9.17, 15) is 9.59 Å². The zero-order valence-corrected chi connectivity index (χ0v) is 11.8. The maximum absolute atomic E-state index is 12.2. The van der Waals surface area contributed by atoms with E-state index in [-0.39, 0.29) is 11.8 Å². The summed E-state index contributed by atoms with van der Waals surface area (Å²) in [5.41, 5.74) is 1.69. The number of fused-ring (bicyclic) bond motifs is 1. The fourth-order valence-electron chi connectivity index (χ4n) is 2.10. The molecule has 1 heterocycles. The molecule has 2 rings (SSSR count). The number of nitrogens with zero attached hydrogens (tertiary/aromatic N) is 3. The summed E-state index contributed by atoms with van der Waals surface area (Å²) in [6.45, 7) is 2.18. The second-order valence-corrected chi connectivity index (χ2v) is 4.60. The number of carbonyl (C=O) groups excluding carboxylic acids is 2. The van der Waals surface area contributed by atoms with Gasteiger partial charge in [0.2, 0.25) is 0 Å². The summed E-state index contributed by atoms with van der Waals surface area (Å²) in [5, 5.41) is 5.73. The first kappa shape index (κ1) is 14.0. The predicted octanol–water partition coefficient (Wildman–Crippen LogP) is 1.86. The van der Waals surface area contributed by atoms with Crippen molar-refractivity contribution in [1.82, 2.24) is 9.91 Å². The number of amides is 2. The SMILES string of the molecule is CCN1C(=O)c2cccc(/C=C/C=N/N(C)C)c2C1=O. The zero-order valence-electron chi connectivity index (χ0n) is 11.8. The lowest BCUT2D eigenvalue weighted by molar-refractivity contribution is 0.0663. The standard InChI is InChI=1S/C15H17N3O2/c1-4-18-14(19)12-9-5-7-11(13(12)15(18)20)8-6-10-16-17(2)3/h5-10H,4H2,1-3H3/b8-6+,16-10+. The largest absolute Gasteiger partial charge is 0.303 e. The number of benzene rings is 1. The van der Waals surface area contributed by atoms with Crippen molar-refractivity contribution in [2.24, 2.45) is 5.10 Å². The minimum atomic E-state index is -0.225. The van der Waals surface area contributed by atoms with Gasteiger partial charge in [0, 0.05) is 26.9 Å². The Kier molecular flexibility index (Phi) is 3.98. The molecule has 0 bridgehead atoms. The molecular formula is C15H17N3O2. The molecule has 104 valence electrons. The van der Waals surface area contributed by atoms with E-state index in [1.54, 1.807) is 42.4 Å². The van der Waals surface area contributed by atoms with Crippen molar-refractivity contribution in [1.29, 1.82) is 0 Å². The summed E-state index contributed by atoms with van der Waals surface area (Å²) >= 11 is 0. The first-order valence-corrected chi connectivity index (χ1v) is 6.43. The lowest BCUT2D eigenvalue weighted by Gasteiger charge is -2.09. The molecule has 1 aromatic carbocycles. The van der Waals surface area contributed by atoms with Crippen LogP contribution in [0.1, 0.15) is 33.2 Å². The van der Waals surface area contributed by atoms with Crippen molar-refractivity contribution in [3.05, 3.63) is 41.0 Å². The molecule has 0 spiro atoms.